The number of aliphatic hydroxyl groups excluding tert-OH is 1. The fourth-order valence-electron chi connectivity index (χ4n) is 1.58. The molecule has 0 saturated carbocycles. The van der Waals surface area contributed by atoms with Gasteiger partial charge in [0.15, 0.2) is 0 Å². The van der Waals surface area contributed by atoms with Gasteiger partial charge in [0, 0.05) is 18.8 Å². The number of hydrogen-bond donors (Lipinski definition) is 2. The lowest BCUT2D eigenvalue weighted by Crippen LogP contribution is -2.05. The summed E-state index contributed by atoms with van der Waals surface area (Å²) in [5.41, 5.74) is 1.12. The van der Waals surface area contributed by atoms with Crippen LogP contribution in [0, 0.1) is 5.92 Å². The second-order valence-corrected chi connectivity index (χ2v) is 4.94. The average Bonchev–Trinajstić information content (AvgIpc) is 2.37. The Morgan fingerprint density at radius 1 is 1.11 bits per heavy atom. The smallest absolute Gasteiger partial charge is 0.119 e. The molecule has 0 aliphatic carbocycles. The van der Waals surface area contributed by atoms with Gasteiger partial charge in [-0.1, -0.05) is 13.8 Å². The van der Waals surface area contributed by atoms with E-state index in [9.17, 15) is 0 Å². The molecule has 0 heterocycles. The van der Waals surface area contributed by atoms with Crippen molar-refractivity contribution in [2.75, 3.05) is 25.1 Å². The first kappa shape index (κ1) is 14.8. The van der Waals surface area contributed by atoms with E-state index in [2.05, 4.69) is 19.2 Å². The fraction of sp³-hybridized carbons (Fsp3) is 0.600. The van der Waals surface area contributed by atoms with E-state index in [0.717, 1.165) is 43.9 Å². The van der Waals surface area contributed by atoms with Crippen molar-refractivity contribution in [2.24, 2.45) is 5.92 Å². The Hall–Kier alpha value is -1.22. The van der Waals surface area contributed by atoms with E-state index < -0.39 is 0 Å². The van der Waals surface area contributed by atoms with Crippen LogP contribution in [0.3, 0.4) is 0 Å². The van der Waals surface area contributed by atoms with Crippen LogP contribution in [0.4, 0.5) is 5.69 Å². The van der Waals surface area contributed by atoms with Gasteiger partial charge in [0.05, 0.1) is 6.61 Å². The highest BCUT2D eigenvalue weighted by Gasteiger charge is 1.97. The molecular weight excluding hydrogens is 226 g/mol. The zero-order chi connectivity index (χ0) is 13.2. The van der Waals surface area contributed by atoms with Crippen LogP contribution in [0.1, 0.15) is 33.1 Å². The Morgan fingerprint density at radius 2 is 1.83 bits per heavy atom. The number of ether oxygens (including phenoxy) is 1. The standard InChI is InChI=1S/C15H25NO2/c1-13(2)12-18-15-8-6-14(7-9-15)16-10-4-3-5-11-17/h6-9,13,16-17H,3-5,10-12H2,1-2H3. The topological polar surface area (TPSA) is 41.5 Å². The molecule has 0 saturated heterocycles. The van der Waals surface area contributed by atoms with Crippen molar-refractivity contribution in [3.63, 3.8) is 0 Å². The monoisotopic (exact) mass is 251 g/mol. The van der Waals surface area contributed by atoms with Crippen molar-refractivity contribution in [1.29, 1.82) is 0 Å². The summed E-state index contributed by atoms with van der Waals surface area (Å²) in [5.74, 6) is 1.48. The molecule has 102 valence electrons. The van der Waals surface area contributed by atoms with Crippen molar-refractivity contribution >= 4 is 5.69 Å². The van der Waals surface area contributed by atoms with E-state index in [4.69, 9.17) is 9.84 Å². The number of benzene rings is 1. The van der Waals surface area contributed by atoms with Crippen LogP contribution in [0.15, 0.2) is 24.3 Å². The van der Waals surface area contributed by atoms with E-state index in [1.165, 1.54) is 0 Å². The summed E-state index contributed by atoms with van der Waals surface area (Å²) in [6.45, 7) is 6.28. The summed E-state index contributed by atoms with van der Waals surface area (Å²) in [4.78, 5) is 0. The van der Waals surface area contributed by atoms with Gasteiger partial charge in [-0.15, -0.1) is 0 Å². The summed E-state index contributed by atoms with van der Waals surface area (Å²) in [5, 5.41) is 12.0. The normalized spacial score (nSPS) is 10.7. The van der Waals surface area contributed by atoms with Crippen LogP contribution in [-0.2, 0) is 0 Å². The maximum absolute atomic E-state index is 8.67. The van der Waals surface area contributed by atoms with Gasteiger partial charge in [-0.25, -0.2) is 0 Å². The number of nitrogens with one attached hydrogen (secondary N) is 1. The number of anilines is 1. The Kier molecular flexibility index (Phi) is 7.26. The van der Waals surface area contributed by atoms with Crippen molar-refractivity contribution in [1.82, 2.24) is 0 Å². The third-order valence-corrected chi connectivity index (χ3v) is 2.60. The molecule has 0 fully saturated rings. The third kappa shape index (κ3) is 6.50. The van der Waals surface area contributed by atoms with Crippen molar-refractivity contribution in [2.45, 2.75) is 33.1 Å². The molecule has 0 atom stereocenters. The van der Waals surface area contributed by atoms with Gasteiger partial charge in [0.1, 0.15) is 5.75 Å². The molecular formula is C15H25NO2. The van der Waals surface area contributed by atoms with E-state index >= 15 is 0 Å². The Labute approximate surface area is 110 Å². The molecule has 1 aromatic rings. The van der Waals surface area contributed by atoms with Crippen molar-refractivity contribution in [3.8, 4) is 5.75 Å². The van der Waals surface area contributed by atoms with E-state index in [0.29, 0.717) is 12.5 Å². The Morgan fingerprint density at radius 3 is 2.44 bits per heavy atom. The van der Waals surface area contributed by atoms with Crippen LogP contribution in [0.5, 0.6) is 5.75 Å². The van der Waals surface area contributed by atoms with E-state index in [1.54, 1.807) is 0 Å². The minimum absolute atomic E-state index is 0.294. The lowest BCUT2D eigenvalue weighted by Gasteiger charge is -2.10. The maximum atomic E-state index is 8.67. The second-order valence-electron chi connectivity index (χ2n) is 4.94. The molecule has 0 amide bonds. The third-order valence-electron chi connectivity index (χ3n) is 2.60. The molecule has 1 rings (SSSR count). The summed E-state index contributed by atoms with van der Waals surface area (Å²) in [7, 11) is 0. The quantitative estimate of drug-likeness (QED) is 0.662. The zero-order valence-electron chi connectivity index (χ0n) is 11.5. The lowest BCUT2D eigenvalue weighted by molar-refractivity contribution is 0.271. The van der Waals surface area contributed by atoms with Crippen molar-refractivity contribution in [3.05, 3.63) is 24.3 Å². The maximum Gasteiger partial charge on any atom is 0.119 e. The highest BCUT2D eigenvalue weighted by Crippen LogP contribution is 2.16. The Balaban J connectivity index is 2.23. The Bertz CT molecular complexity index is 309. The molecule has 2 N–H and O–H groups in total. The first-order chi connectivity index (χ1) is 8.72. The number of aliphatic hydroxyl groups is 1. The highest BCUT2D eigenvalue weighted by atomic mass is 16.5. The summed E-state index contributed by atoms with van der Waals surface area (Å²) < 4.78 is 5.62. The van der Waals surface area contributed by atoms with Crippen LogP contribution in [0.2, 0.25) is 0 Å². The van der Waals surface area contributed by atoms with Gasteiger partial charge in [0.25, 0.3) is 0 Å². The summed E-state index contributed by atoms with van der Waals surface area (Å²) in [6, 6.07) is 8.08. The van der Waals surface area contributed by atoms with Gasteiger partial charge >= 0.3 is 0 Å². The molecule has 0 aliphatic rings. The summed E-state index contributed by atoms with van der Waals surface area (Å²) >= 11 is 0. The van der Waals surface area contributed by atoms with Crippen LogP contribution in [-0.4, -0.2) is 24.9 Å². The SMILES string of the molecule is CC(C)COc1ccc(NCCCCCO)cc1. The predicted octanol–water partition coefficient (Wildman–Crippen LogP) is 3.30. The molecule has 3 nitrogen and oxygen atoms in total. The minimum Gasteiger partial charge on any atom is -0.493 e. The van der Waals surface area contributed by atoms with Gasteiger partial charge < -0.3 is 15.2 Å². The number of rotatable bonds is 9. The van der Waals surface area contributed by atoms with Crippen LogP contribution in [0.25, 0.3) is 0 Å². The average molecular weight is 251 g/mol. The van der Waals surface area contributed by atoms with Crippen molar-refractivity contribution < 1.29 is 9.84 Å². The molecule has 0 unspecified atom stereocenters. The zero-order valence-corrected chi connectivity index (χ0v) is 11.5. The molecule has 0 radical (unpaired) electrons. The molecule has 1 aromatic carbocycles. The molecule has 0 aromatic heterocycles. The van der Waals surface area contributed by atoms with Gasteiger partial charge in [-0.05, 0) is 49.4 Å². The predicted molar refractivity (Wildman–Crippen MR) is 76.2 cm³/mol. The molecule has 0 bridgehead atoms. The first-order valence-corrected chi connectivity index (χ1v) is 6.80. The number of hydrogen-bond acceptors (Lipinski definition) is 3. The van der Waals surface area contributed by atoms with E-state index in [1.807, 2.05) is 24.3 Å². The highest BCUT2D eigenvalue weighted by molar-refractivity contribution is 5.46. The first-order valence-electron chi connectivity index (χ1n) is 6.80. The van der Waals surface area contributed by atoms with E-state index in [-0.39, 0.29) is 0 Å². The number of unbranched alkanes of at least 4 members (excludes halogenated alkanes) is 2. The molecule has 3 heteroatoms. The molecule has 0 aliphatic heterocycles. The fourth-order valence-corrected chi connectivity index (χ4v) is 1.58. The van der Waals surface area contributed by atoms with Crippen LogP contribution >= 0.6 is 0 Å². The minimum atomic E-state index is 0.294. The van der Waals surface area contributed by atoms with Gasteiger partial charge in [-0.2, -0.15) is 0 Å². The van der Waals surface area contributed by atoms with Gasteiger partial charge in [-0.3, -0.25) is 0 Å². The summed E-state index contributed by atoms with van der Waals surface area (Å²) in [6.07, 6.45) is 3.05. The molecule has 0 spiro atoms. The van der Waals surface area contributed by atoms with Gasteiger partial charge in [0.2, 0.25) is 0 Å². The van der Waals surface area contributed by atoms with Crippen LogP contribution < -0.4 is 10.1 Å². The second kappa shape index (κ2) is 8.81. The lowest BCUT2D eigenvalue weighted by atomic mass is 10.2. The molecule has 18 heavy (non-hydrogen) atoms. The largest absolute Gasteiger partial charge is 0.493 e.